The van der Waals surface area contributed by atoms with Crippen LogP contribution in [0.25, 0.3) is 0 Å². The largest absolute Gasteiger partial charge is 0.378 e. The minimum absolute atomic E-state index is 0.0579. The second kappa shape index (κ2) is 6.65. The molecule has 0 spiro atoms. The van der Waals surface area contributed by atoms with Gasteiger partial charge in [0.25, 0.3) is 5.69 Å². The molecule has 2 heterocycles. The molecule has 110 valence electrons. The summed E-state index contributed by atoms with van der Waals surface area (Å²) in [5.41, 5.74) is 0.494. The normalized spacial score (nSPS) is 19.8. The SMILES string of the molecule is Cc1nc(N[C@H](C)CC[C@H]2CCCO2)ccc1[N+](=O)[O-]. The Balaban J connectivity index is 1.85. The fourth-order valence-electron chi connectivity index (χ4n) is 2.46. The first-order valence-corrected chi connectivity index (χ1v) is 7.06. The Kier molecular flexibility index (Phi) is 4.89. The number of aromatic nitrogens is 1. The van der Waals surface area contributed by atoms with Gasteiger partial charge in [-0.3, -0.25) is 10.1 Å². The van der Waals surface area contributed by atoms with Gasteiger partial charge in [-0.25, -0.2) is 4.98 Å². The van der Waals surface area contributed by atoms with E-state index >= 15 is 0 Å². The Labute approximate surface area is 118 Å². The highest BCUT2D eigenvalue weighted by atomic mass is 16.6. The van der Waals surface area contributed by atoms with Crippen molar-refractivity contribution in [3.63, 3.8) is 0 Å². The standard InChI is InChI=1S/C14H21N3O3/c1-10(5-6-12-4-3-9-20-12)15-14-8-7-13(17(18)19)11(2)16-14/h7-8,10,12H,3-6,9H2,1-2H3,(H,15,16)/t10-,12-/m1/s1. The van der Waals surface area contributed by atoms with Crippen molar-refractivity contribution in [3.05, 3.63) is 27.9 Å². The highest BCUT2D eigenvalue weighted by molar-refractivity contribution is 5.45. The zero-order chi connectivity index (χ0) is 14.5. The Morgan fingerprint density at radius 2 is 2.40 bits per heavy atom. The number of rotatable bonds is 6. The summed E-state index contributed by atoms with van der Waals surface area (Å²) in [6.45, 7) is 4.63. The lowest BCUT2D eigenvalue weighted by molar-refractivity contribution is -0.385. The molecule has 2 rings (SSSR count). The van der Waals surface area contributed by atoms with Crippen LogP contribution in [0, 0.1) is 17.0 Å². The van der Waals surface area contributed by atoms with Gasteiger partial charge in [-0.05, 0) is 45.6 Å². The zero-order valence-electron chi connectivity index (χ0n) is 12.0. The Bertz CT molecular complexity index is 473. The third-order valence-electron chi connectivity index (χ3n) is 3.59. The van der Waals surface area contributed by atoms with E-state index < -0.39 is 4.92 Å². The lowest BCUT2D eigenvalue weighted by Gasteiger charge is -2.17. The smallest absolute Gasteiger partial charge is 0.290 e. The van der Waals surface area contributed by atoms with Crippen molar-refractivity contribution in [2.45, 2.75) is 51.7 Å². The molecule has 2 atom stereocenters. The molecule has 1 aliphatic heterocycles. The first-order valence-electron chi connectivity index (χ1n) is 7.06. The fraction of sp³-hybridized carbons (Fsp3) is 0.643. The average Bonchev–Trinajstić information content (AvgIpc) is 2.89. The molecule has 1 fully saturated rings. The van der Waals surface area contributed by atoms with Crippen LogP contribution in [0.3, 0.4) is 0 Å². The predicted octanol–water partition coefficient (Wildman–Crippen LogP) is 3.06. The van der Waals surface area contributed by atoms with Crippen LogP contribution in [-0.4, -0.2) is 28.7 Å². The van der Waals surface area contributed by atoms with Crippen LogP contribution in [-0.2, 0) is 4.74 Å². The molecule has 0 unspecified atom stereocenters. The van der Waals surface area contributed by atoms with Crippen LogP contribution in [0.15, 0.2) is 12.1 Å². The van der Waals surface area contributed by atoms with Crippen molar-refractivity contribution >= 4 is 11.5 Å². The molecular weight excluding hydrogens is 258 g/mol. The van der Waals surface area contributed by atoms with Crippen LogP contribution < -0.4 is 5.32 Å². The van der Waals surface area contributed by atoms with E-state index in [1.54, 1.807) is 13.0 Å². The predicted molar refractivity (Wildman–Crippen MR) is 76.9 cm³/mol. The van der Waals surface area contributed by atoms with Crippen LogP contribution in [0.2, 0.25) is 0 Å². The molecule has 20 heavy (non-hydrogen) atoms. The maximum atomic E-state index is 10.7. The van der Waals surface area contributed by atoms with E-state index in [9.17, 15) is 10.1 Å². The van der Waals surface area contributed by atoms with Crippen LogP contribution in [0.4, 0.5) is 11.5 Å². The second-order valence-electron chi connectivity index (χ2n) is 5.32. The Hall–Kier alpha value is -1.69. The van der Waals surface area contributed by atoms with Crippen molar-refractivity contribution in [2.75, 3.05) is 11.9 Å². The molecule has 0 amide bonds. The van der Waals surface area contributed by atoms with E-state index in [-0.39, 0.29) is 11.7 Å². The molecule has 1 aromatic heterocycles. The lowest BCUT2D eigenvalue weighted by Crippen LogP contribution is -2.19. The summed E-state index contributed by atoms with van der Waals surface area (Å²) >= 11 is 0. The summed E-state index contributed by atoms with van der Waals surface area (Å²) in [7, 11) is 0. The van der Waals surface area contributed by atoms with Crippen LogP contribution in [0.1, 0.15) is 38.3 Å². The van der Waals surface area contributed by atoms with Gasteiger partial charge in [0.2, 0.25) is 0 Å². The van der Waals surface area contributed by atoms with Gasteiger partial charge in [0.05, 0.1) is 11.0 Å². The topological polar surface area (TPSA) is 77.3 Å². The minimum Gasteiger partial charge on any atom is -0.378 e. The number of aryl methyl sites for hydroxylation is 1. The number of ether oxygens (including phenoxy) is 1. The number of anilines is 1. The number of nitrogens with one attached hydrogen (secondary N) is 1. The molecule has 1 aromatic rings. The summed E-state index contributed by atoms with van der Waals surface area (Å²) in [6.07, 6.45) is 4.76. The van der Waals surface area contributed by atoms with Gasteiger partial charge in [0.1, 0.15) is 11.5 Å². The van der Waals surface area contributed by atoms with Gasteiger partial charge in [-0.2, -0.15) is 0 Å². The summed E-state index contributed by atoms with van der Waals surface area (Å²) < 4.78 is 5.60. The van der Waals surface area contributed by atoms with E-state index in [0.29, 0.717) is 17.6 Å². The molecule has 0 radical (unpaired) electrons. The number of hydrogen-bond donors (Lipinski definition) is 1. The first-order chi connectivity index (χ1) is 9.56. The molecule has 1 N–H and O–H groups in total. The van der Waals surface area contributed by atoms with Crippen molar-refractivity contribution in [2.24, 2.45) is 0 Å². The van der Waals surface area contributed by atoms with E-state index in [1.807, 2.05) is 0 Å². The van der Waals surface area contributed by atoms with Crippen molar-refractivity contribution < 1.29 is 9.66 Å². The van der Waals surface area contributed by atoms with Gasteiger partial charge >= 0.3 is 0 Å². The fourth-order valence-corrected chi connectivity index (χ4v) is 2.46. The number of hydrogen-bond acceptors (Lipinski definition) is 5. The van der Waals surface area contributed by atoms with Crippen molar-refractivity contribution in [1.82, 2.24) is 4.98 Å². The number of pyridine rings is 1. The number of nitro groups is 1. The second-order valence-corrected chi connectivity index (χ2v) is 5.32. The Morgan fingerprint density at radius 3 is 3.00 bits per heavy atom. The molecule has 1 aliphatic rings. The molecule has 0 bridgehead atoms. The quantitative estimate of drug-likeness (QED) is 0.639. The monoisotopic (exact) mass is 279 g/mol. The third-order valence-corrected chi connectivity index (χ3v) is 3.59. The van der Waals surface area contributed by atoms with Gasteiger partial charge < -0.3 is 10.1 Å². The van der Waals surface area contributed by atoms with E-state index in [2.05, 4.69) is 17.2 Å². The average molecular weight is 279 g/mol. The number of nitrogens with zero attached hydrogens (tertiary/aromatic N) is 2. The minimum atomic E-state index is -0.410. The van der Waals surface area contributed by atoms with E-state index in [0.717, 1.165) is 32.3 Å². The highest BCUT2D eigenvalue weighted by Crippen LogP contribution is 2.21. The lowest BCUT2D eigenvalue weighted by atomic mass is 10.1. The van der Waals surface area contributed by atoms with E-state index in [1.165, 1.54) is 6.07 Å². The van der Waals surface area contributed by atoms with Gasteiger partial charge in [0, 0.05) is 18.7 Å². The Morgan fingerprint density at radius 1 is 1.60 bits per heavy atom. The van der Waals surface area contributed by atoms with Gasteiger partial charge in [0.15, 0.2) is 0 Å². The van der Waals surface area contributed by atoms with Crippen molar-refractivity contribution in [1.29, 1.82) is 0 Å². The maximum absolute atomic E-state index is 10.7. The van der Waals surface area contributed by atoms with Gasteiger partial charge in [-0.1, -0.05) is 0 Å². The molecule has 0 saturated carbocycles. The maximum Gasteiger partial charge on any atom is 0.290 e. The first kappa shape index (κ1) is 14.7. The summed E-state index contributed by atoms with van der Waals surface area (Å²) in [5, 5.41) is 14.0. The van der Waals surface area contributed by atoms with Crippen molar-refractivity contribution in [3.8, 4) is 0 Å². The van der Waals surface area contributed by atoms with Crippen LogP contribution >= 0.6 is 0 Å². The van der Waals surface area contributed by atoms with Gasteiger partial charge in [-0.15, -0.1) is 0 Å². The molecule has 6 nitrogen and oxygen atoms in total. The third kappa shape index (κ3) is 3.90. The van der Waals surface area contributed by atoms with E-state index in [4.69, 9.17) is 4.74 Å². The molecule has 0 aromatic carbocycles. The molecule has 0 aliphatic carbocycles. The molecular formula is C14H21N3O3. The summed E-state index contributed by atoms with van der Waals surface area (Å²) in [4.78, 5) is 14.6. The highest BCUT2D eigenvalue weighted by Gasteiger charge is 2.17. The molecule has 6 heteroatoms. The molecule has 1 saturated heterocycles. The summed E-state index contributed by atoms with van der Waals surface area (Å²) in [6, 6.07) is 3.43. The zero-order valence-corrected chi connectivity index (χ0v) is 12.0. The summed E-state index contributed by atoms with van der Waals surface area (Å²) in [5.74, 6) is 0.688. The van der Waals surface area contributed by atoms with Crippen LogP contribution in [0.5, 0.6) is 0 Å².